The molecule has 0 radical (unpaired) electrons. The Morgan fingerprint density at radius 3 is 2.31 bits per heavy atom. The van der Waals surface area contributed by atoms with Gasteiger partial charge >= 0.3 is 12.2 Å². The SMILES string of the molecule is CC(C)NC(=O)Nc1ccc(CNC(=O)CNc2cccc(C(F)(F)F)c2)cc1. The van der Waals surface area contributed by atoms with Crippen LogP contribution in [0.2, 0.25) is 0 Å². The van der Waals surface area contributed by atoms with E-state index in [9.17, 15) is 22.8 Å². The first-order valence-electron chi connectivity index (χ1n) is 8.98. The maximum Gasteiger partial charge on any atom is 0.416 e. The Kier molecular flexibility index (Phi) is 7.46. The van der Waals surface area contributed by atoms with Crippen molar-refractivity contribution in [2.75, 3.05) is 17.2 Å². The fraction of sp³-hybridized carbons (Fsp3) is 0.300. The summed E-state index contributed by atoms with van der Waals surface area (Å²) in [7, 11) is 0. The van der Waals surface area contributed by atoms with Gasteiger partial charge in [0.2, 0.25) is 5.91 Å². The van der Waals surface area contributed by atoms with E-state index in [0.29, 0.717) is 5.69 Å². The number of alkyl halides is 3. The second kappa shape index (κ2) is 9.81. The molecule has 3 amide bonds. The molecule has 9 heteroatoms. The van der Waals surface area contributed by atoms with Crippen molar-refractivity contribution in [1.29, 1.82) is 0 Å². The van der Waals surface area contributed by atoms with Gasteiger partial charge in [-0.2, -0.15) is 13.2 Å². The van der Waals surface area contributed by atoms with Gasteiger partial charge in [-0.3, -0.25) is 4.79 Å². The number of carbonyl (C=O) groups is 2. The lowest BCUT2D eigenvalue weighted by atomic mass is 10.2. The van der Waals surface area contributed by atoms with Crippen molar-refractivity contribution < 1.29 is 22.8 Å². The number of anilines is 2. The highest BCUT2D eigenvalue weighted by atomic mass is 19.4. The molecule has 0 bridgehead atoms. The third-order valence-electron chi connectivity index (χ3n) is 3.76. The van der Waals surface area contributed by atoms with Gasteiger partial charge in [-0.15, -0.1) is 0 Å². The zero-order valence-corrected chi connectivity index (χ0v) is 16.1. The third kappa shape index (κ3) is 7.73. The van der Waals surface area contributed by atoms with Crippen LogP contribution < -0.4 is 21.3 Å². The van der Waals surface area contributed by atoms with Gasteiger partial charge in [0.1, 0.15) is 0 Å². The molecular formula is C20H23F3N4O2. The van der Waals surface area contributed by atoms with E-state index in [1.807, 2.05) is 13.8 Å². The number of amides is 3. The number of carbonyl (C=O) groups excluding carboxylic acids is 2. The standard InChI is InChI=1S/C20H23F3N4O2/c1-13(2)26-19(29)27-16-8-6-14(7-9-16)11-25-18(28)12-24-17-5-3-4-15(10-17)20(21,22)23/h3-10,13,24H,11-12H2,1-2H3,(H,25,28)(H2,26,27,29). The van der Waals surface area contributed by atoms with E-state index in [4.69, 9.17) is 0 Å². The lowest BCUT2D eigenvalue weighted by Crippen LogP contribution is -2.34. The normalized spacial score (nSPS) is 11.1. The maximum absolute atomic E-state index is 12.7. The summed E-state index contributed by atoms with van der Waals surface area (Å²) in [4.78, 5) is 23.6. The molecule has 0 saturated heterocycles. The summed E-state index contributed by atoms with van der Waals surface area (Å²) in [5, 5.41) is 10.8. The molecule has 0 aliphatic rings. The van der Waals surface area contributed by atoms with Crippen LogP contribution in [0.4, 0.5) is 29.3 Å². The molecule has 2 aromatic rings. The average Bonchev–Trinajstić information content (AvgIpc) is 2.64. The molecular weight excluding hydrogens is 385 g/mol. The molecule has 0 fully saturated rings. The van der Waals surface area contributed by atoms with Crippen molar-refractivity contribution in [3.05, 3.63) is 59.7 Å². The number of hydrogen-bond donors (Lipinski definition) is 4. The van der Waals surface area contributed by atoms with Gasteiger partial charge in [-0.25, -0.2) is 4.79 Å². The summed E-state index contributed by atoms with van der Waals surface area (Å²) in [6.45, 7) is 3.80. The van der Waals surface area contributed by atoms with Crippen molar-refractivity contribution in [1.82, 2.24) is 10.6 Å². The molecule has 0 atom stereocenters. The highest BCUT2D eigenvalue weighted by molar-refractivity contribution is 5.89. The monoisotopic (exact) mass is 408 g/mol. The van der Waals surface area contributed by atoms with E-state index in [-0.39, 0.29) is 36.8 Å². The van der Waals surface area contributed by atoms with Gasteiger partial charge in [0.25, 0.3) is 0 Å². The second-order valence-electron chi connectivity index (χ2n) is 6.66. The van der Waals surface area contributed by atoms with Gasteiger partial charge < -0.3 is 21.3 Å². The number of hydrogen-bond acceptors (Lipinski definition) is 3. The van der Waals surface area contributed by atoms with Crippen LogP contribution in [0.1, 0.15) is 25.0 Å². The van der Waals surface area contributed by atoms with E-state index in [1.54, 1.807) is 24.3 Å². The van der Waals surface area contributed by atoms with Crippen LogP contribution in [-0.4, -0.2) is 24.5 Å². The largest absolute Gasteiger partial charge is 0.416 e. The molecule has 4 N–H and O–H groups in total. The molecule has 0 heterocycles. The Labute approximate surface area is 166 Å². The van der Waals surface area contributed by atoms with Gasteiger partial charge in [-0.05, 0) is 49.7 Å². The van der Waals surface area contributed by atoms with Crippen LogP contribution in [0.5, 0.6) is 0 Å². The highest BCUT2D eigenvalue weighted by Gasteiger charge is 2.30. The molecule has 29 heavy (non-hydrogen) atoms. The minimum Gasteiger partial charge on any atom is -0.376 e. The molecule has 0 aliphatic heterocycles. The molecule has 0 spiro atoms. The first-order chi connectivity index (χ1) is 13.6. The van der Waals surface area contributed by atoms with E-state index >= 15 is 0 Å². The Bertz CT molecular complexity index is 836. The van der Waals surface area contributed by atoms with Crippen LogP contribution in [0.3, 0.4) is 0 Å². The predicted molar refractivity (Wildman–Crippen MR) is 106 cm³/mol. The van der Waals surface area contributed by atoms with E-state index < -0.39 is 11.7 Å². The Balaban J connectivity index is 1.78. The predicted octanol–water partition coefficient (Wildman–Crippen LogP) is 3.96. The summed E-state index contributed by atoms with van der Waals surface area (Å²) in [5.41, 5.74) is 0.862. The van der Waals surface area contributed by atoms with Crippen LogP contribution >= 0.6 is 0 Å². The molecule has 0 unspecified atom stereocenters. The van der Waals surface area contributed by atoms with E-state index in [0.717, 1.165) is 17.7 Å². The Hall–Kier alpha value is -3.23. The molecule has 6 nitrogen and oxygen atoms in total. The molecule has 156 valence electrons. The second-order valence-corrected chi connectivity index (χ2v) is 6.66. The van der Waals surface area contributed by atoms with Crippen molar-refractivity contribution in [2.24, 2.45) is 0 Å². The van der Waals surface area contributed by atoms with Gasteiger partial charge in [0, 0.05) is 24.0 Å². The van der Waals surface area contributed by atoms with Crippen LogP contribution in [0, 0.1) is 0 Å². The van der Waals surface area contributed by atoms with Crippen LogP contribution in [0.25, 0.3) is 0 Å². The van der Waals surface area contributed by atoms with Gasteiger partial charge in [0.05, 0.1) is 12.1 Å². The number of rotatable bonds is 7. The molecule has 2 rings (SSSR count). The van der Waals surface area contributed by atoms with Crippen molar-refractivity contribution in [3.8, 4) is 0 Å². The fourth-order valence-electron chi connectivity index (χ4n) is 2.39. The zero-order valence-electron chi connectivity index (χ0n) is 16.1. The number of nitrogens with one attached hydrogen (secondary N) is 4. The first kappa shape index (κ1) is 22.1. The summed E-state index contributed by atoms with van der Waals surface area (Å²) < 4.78 is 38.1. The lowest BCUT2D eigenvalue weighted by Gasteiger charge is -2.12. The Morgan fingerprint density at radius 2 is 1.69 bits per heavy atom. The number of benzene rings is 2. The Morgan fingerprint density at radius 1 is 1.00 bits per heavy atom. The quantitative estimate of drug-likeness (QED) is 0.560. The average molecular weight is 408 g/mol. The minimum absolute atomic E-state index is 0.0223. The molecule has 2 aromatic carbocycles. The van der Waals surface area contributed by atoms with Crippen molar-refractivity contribution in [3.63, 3.8) is 0 Å². The van der Waals surface area contributed by atoms with Gasteiger partial charge in [0.15, 0.2) is 0 Å². The maximum atomic E-state index is 12.7. The third-order valence-corrected chi connectivity index (χ3v) is 3.76. The summed E-state index contributed by atoms with van der Waals surface area (Å²) in [5.74, 6) is -0.360. The topological polar surface area (TPSA) is 82.3 Å². The van der Waals surface area contributed by atoms with E-state index in [2.05, 4.69) is 21.3 Å². The van der Waals surface area contributed by atoms with Gasteiger partial charge in [-0.1, -0.05) is 18.2 Å². The zero-order chi connectivity index (χ0) is 21.4. The highest BCUT2D eigenvalue weighted by Crippen LogP contribution is 2.30. The molecule has 0 aromatic heterocycles. The van der Waals surface area contributed by atoms with Crippen LogP contribution in [0.15, 0.2) is 48.5 Å². The summed E-state index contributed by atoms with van der Waals surface area (Å²) in [6.07, 6.45) is -4.43. The number of halogens is 3. The summed E-state index contributed by atoms with van der Waals surface area (Å²) in [6, 6.07) is 11.3. The van der Waals surface area contributed by atoms with Crippen molar-refractivity contribution in [2.45, 2.75) is 32.6 Å². The smallest absolute Gasteiger partial charge is 0.376 e. The fourth-order valence-corrected chi connectivity index (χ4v) is 2.39. The summed E-state index contributed by atoms with van der Waals surface area (Å²) >= 11 is 0. The minimum atomic E-state index is -4.43. The molecule has 0 aliphatic carbocycles. The van der Waals surface area contributed by atoms with Crippen molar-refractivity contribution >= 4 is 23.3 Å². The van der Waals surface area contributed by atoms with Crippen LogP contribution in [-0.2, 0) is 17.5 Å². The van der Waals surface area contributed by atoms with E-state index in [1.165, 1.54) is 12.1 Å². The lowest BCUT2D eigenvalue weighted by molar-refractivity contribution is -0.137. The number of urea groups is 1. The molecule has 0 saturated carbocycles. The first-order valence-corrected chi connectivity index (χ1v) is 8.98.